The van der Waals surface area contributed by atoms with Gasteiger partial charge in [0.05, 0.1) is 18.6 Å². The minimum absolute atomic E-state index is 0.0849. The van der Waals surface area contributed by atoms with Crippen molar-refractivity contribution in [2.45, 2.75) is 12.8 Å². The van der Waals surface area contributed by atoms with Gasteiger partial charge in [-0.15, -0.1) is 11.3 Å². The Morgan fingerprint density at radius 1 is 1.17 bits per heavy atom. The molecule has 0 spiro atoms. The number of hydrogen-bond acceptors (Lipinski definition) is 5. The van der Waals surface area contributed by atoms with Crippen LogP contribution in [-0.2, 0) is 9.53 Å². The Balaban J connectivity index is 1.91. The first kappa shape index (κ1) is 20.5. The van der Waals surface area contributed by atoms with Crippen LogP contribution in [0, 0.1) is 5.82 Å². The first-order chi connectivity index (χ1) is 13.9. The topological polar surface area (TPSA) is 63.6 Å². The summed E-state index contributed by atoms with van der Waals surface area (Å²) >= 11 is 1.49. The normalized spacial score (nSPS) is 12.1. The maximum Gasteiger partial charge on any atom is 0.312 e. The zero-order chi connectivity index (χ0) is 21.0. The molecule has 0 aliphatic carbocycles. The van der Waals surface area contributed by atoms with E-state index in [2.05, 4.69) is 0 Å². The van der Waals surface area contributed by atoms with E-state index in [0.29, 0.717) is 11.1 Å². The van der Waals surface area contributed by atoms with Crippen molar-refractivity contribution < 1.29 is 23.8 Å². The molecule has 0 fully saturated rings. The van der Waals surface area contributed by atoms with Crippen LogP contribution >= 0.6 is 11.3 Å². The molecule has 1 N–H and O–H groups in total. The number of benzene rings is 2. The number of ether oxygens (including phenoxy) is 1. The lowest BCUT2D eigenvalue weighted by Gasteiger charge is -2.12. The first-order valence-corrected chi connectivity index (χ1v) is 9.75. The van der Waals surface area contributed by atoms with Crippen molar-refractivity contribution in [1.82, 2.24) is 0 Å². The second-order valence-corrected chi connectivity index (χ2v) is 7.41. The number of thiophene rings is 1. The van der Waals surface area contributed by atoms with Crippen LogP contribution < -0.4 is 0 Å². The Labute approximate surface area is 171 Å². The van der Waals surface area contributed by atoms with Crippen LogP contribution in [0.3, 0.4) is 0 Å². The standard InChI is InChI=1S/C23H19FO4S/c1-14(23(27)28-2)15-5-8-18(20(24)13-15)16-6-9-21(25)19(12-16)22(26)10-7-17-4-3-11-29-17/h3-14,25H,1-2H3/b10-7+. The molecule has 1 unspecified atom stereocenters. The number of methoxy groups -OCH3 is 1. The van der Waals surface area contributed by atoms with Gasteiger partial charge in [-0.05, 0) is 59.8 Å². The highest BCUT2D eigenvalue weighted by Crippen LogP contribution is 2.30. The summed E-state index contributed by atoms with van der Waals surface area (Å²) in [5, 5.41) is 12.0. The number of allylic oxidation sites excluding steroid dienone is 1. The Hall–Kier alpha value is -3.25. The summed E-state index contributed by atoms with van der Waals surface area (Å²) in [7, 11) is 1.28. The van der Waals surface area contributed by atoms with Crippen molar-refractivity contribution in [2.24, 2.45) is 0 Å². The van der Waals surface area contributed by atoms with Gasteiger partial charge in [-0.3, -0.25) is 9.59 Å². The molecule has 0 amide bonds. The van der Waals surface area contributed by atoms with Gasteiger partial charge in [0, 0.05) is 10.4 Å². The monoisotopic (exact) mass is 410 g/mol. The molecule has 1 aromatic heterocycles. The summed E-state index contributed by atoms with van der Waals surface area (Å²) in [6.07, 6.45) is 3.05. The molecule has 0 aliphatic heterocycles. The molecule has 3 rings (SSSR count). The highest BCUT2D eigenvalue weighted by atomic mass is 32.1. The third-order valence-corrected chi connectivity index (χ3v) is 5.40. The fourth-order valence-electron chi connectivity index (χ4n) is 2.88. The molecule has 0 saturated heterocycles. The van der Waals surface area contributed by atoms with E-state index in [9.17, 15) is 19.1 Å². The zero-order valence-corrected chi connectivity index (χ0v) is 16.7. The van der Waals surface area contributed by atoms with Gasteiger partial charge in [-0.25, -0.2) is 4.39 Å². The summed E-state index contributed by atoms with van der Waals surface area (Å²) in [6.45, 7) is 1.64. The predicted molar refractivity (Wildman–Crippen MR) is 112 cm³/mol. The lowest BCUT2D eigenvalue weighted by atomic mass is 9.95. The van der Waals surface area contributed by atoms with Crippen molar-refractivity contribution in [3.05, 3.63) is 81.8 Å². The van der Waals surface area contributed by atoms with E-state index in [4.69, 9.17) is 4.74 Å². The number of carbonyl (C=O) groups excluding carboxylic acids is 2. The number of phenols is 1. The lowest BCUT2D eigenvalue weighted by molar-refractivity contribution is -0.141. The molecule has 0 saturated carbocycles. The zero-order valence-electron chi connectivity index (χ0n) is 15.9. The van der Waals surface area contributed by atoms with Gasteiger partial charge in [-0.1, -0.05) is 24.3 Å². The maximum atomic E-state index is 14.7. The fraction of sp³-hybridized carbons (Fsp3) is 0.130. The number of carbonyl (C=O) groups is 2. The molecule has 1 heterocycles. The number of rotatable bonds is 6. The molecular weight excluding hydrogens is 391 g/mol. The summed E-state index contributed by atoms with van der Waals surface area (Å²) < 4.78 is 19.4. The second kappa shape index (κ2) is 8.84. The maximum absolute atomic E-state index is 14.7. The van der Waals surface area contributed by atoms with E-state index >= 15 is 0 Å². The van der Waals surface area contributed by atoms with E-state index in [-0.39, 0.29) is 22.7 Å². The number of aromatic hydroxyl groups is 1. The van der Waals surface area contributed by atoms with Crippen molar-refractivity contribution in [1.29, 1.82) is 0 Å². The number of ketones is 1. The molecule has 0 aliphatic rings. The number of halogens is 1. The van der Waals surface area contributed by atoms with Crippen LogP contribution in [0.4, 0.5) is 4.39 Å². The van der Waals surface area contributed by atoms with E-state index in [1.54, 1.807) is 25.1 Å². The molecule has 3 aromatic rings. The van der Waals surface area contributed by atoms with Crippen molar-refractivity contribution in [3.63, 3.8) is 0 Å². The van der Waals surface area contributed by atoms with Crippen molar-refractivity contribution >= 4 is 29.2 Å². The SMILES string of the molecule is COC(=O)C(C)c1ccc(-c2ccc(O)c(C(=O)/C=C/c3cccs3)c2)c(F)c1. The van der Waals surface area contributed by atoms with Crippen molar-refractivity contribution in [2.75, 3.05) is 7.11 Å². The Bertz CT molecular complexity index is 1070. The van der Waals surface area contributed by atoms with Gasteiger partial charge in [-0.2, -0.15) is 0 Å². The molecule has 148 valence electrons. The smallest absolute Gasteiger partial charge is 0.312 e. The molecule has 29 heavy (non-hydrogen) atoms. The average Bonchev–Trinajstić information content (AvgIpc) is 3.25. The minimum Gasteiger partial charge on any atom is -0.507 e. The summed E-state index contributed by atoms with van der Waals surface area (Å²) in [6, 6.07) is 12.6. The van der Waals surface area contributed by atoms with Crippen LogP contribution in [0.1, 0.15) is 33.6 Å². The highest BCUT2D eigenvalue weighted by molar-refractivity contribution is 7.10. The molecule has 6 heteroatoms. The fourth-order valence-corrected chi connectivity index (χ4v) is 3.50. The highest BCUT2D eigenvalue weighted by Gasteiger charge is 2.18. The van der Waals surface area contributed by atoms with E-state index in [1.807, 2.05) is 17.5 Å². The third-order valence-electron chi connectivity index (χ3n) is 4.56. The van der Waals surface area contributed by atoms with Gasteiger partial charge in [0.2, 0.25) is 0 Å². The lowest BCUT2D eigenvalue weighted by Crippen LogP contribution is -2.11. The predicted octanol–water partition coefficient (Wildman–Crippen LogP) is 5.43. The van der Waals surface area contributed by atoms with Crippen LogP contribution in [0.5, 0.6) is 5.75 Å². The van der Waals surface area contributed by atoms with Crippen LogP contribution in [0.15, 0.2) is 60.0 Å². The van der Waals surface area contributed by atoms with Crippen LogP contribution in [0.2, 0.25) is 0 Å². The summed E-state index contributed by atoms with van der Waals surface area (Å²) in [4.78, 5) is 25.1. The van der Waals surface area contributed by atoms with Crippen LogP contribution in [0.25, 0.3) is 17.2 Å². The van der Waals surface area contributed by atoms with Crippen molar-refractivity contribution in [3.8, 4) is 16.9 Å². The second-order valence-electron chi connectivity index (χ2n) is 6.43. The minimum atomic E-state index is -0.595. The largest absolute Gasteiger partial charge is 0.507 e. The molecule has 0 bridgehead atoms. The first-order valence-electron chi connectivity index (χ1n) is 8.87. The van der Waals surface area contributed by atoms with Gasteiger partial charge in [0.25, 0.3) is 0 Å². The average molecular weight is 410 g/mol. The Kier molecular flexibility index (Phi) is 6.24. The Morgan fingerprint density at radius 2 is 1.97 bits per heavy atom. The van der Waals surface area contributed by atoms with E-state index in [1.165, 1.54) is 48.8 Å². The van der Waals surface area contributed by atoms with Crippen LogP contribution in [-0.4, -0.2) is 24.0 Å². The Morgan fingerprint density at radius 3 is 2.62 bits per heavy atom. The number of phenolic OH excluding ortho intramolecular Hbond substituents is 1. The molecule has 2 aromatic carbocycles. The quantitative estimate of drug-likeness (QED) is 0.334. The summed E-state index contributed by atoms with van der Waals surface area (Å²) in [5.74, 6) is -2.13. The molecule has 4 nitrogen and oxygen atoms in total. The van der Waals surface area contributed by atoms with E-state index in [0.717, 1.165) is 4.88 Å². The number of esters is 1. The van der Waals surface area contributed by atoms with Gasteiger partial charge >= 0.3 is 5.97 Å². The summed E-state index contributed by atoms with van der Waals surface area (Å²) in [5.41, 5.74) is 1.29. The van der Waals surface area contributed by atoms with E-state index < -0.39 is 17.7 Å². The van der Waals surface area contributed by atoms with Gasteiger partial charge in [0.15, 0.2) is 5.78 Å². The molecular formula is C23H19FO4S. The van der Waals surface area contributed by atoms with Gasteiger partial charge < -0.3 is 9.84 Å². The number of hydrogen-bond donors (Lipinski definition) is 1. The molecule has 0 radical (unpaired) electrons. The molecule has 1 atom stereocenters. The van der Waals surface area contributed by atoms with Gasteiger partial charge in [0.1, 0.15) is 11.6 Å². The third kappa shape index (κ3) is 4.60.